The number of fused-ring (bicyclic) bond motifs is 10. The molecule has 1 heterocycles. The lowest BCUT2D eigenvalue weighted by molar-refractivity contribution is 0.0653. The largest absolute Gasteiger partial charge is 0.495 e. The Hall–Kier alpha value is -2.64. The van der Waals surface area contributed by atoms with Crippen LogP contribution >= 0.6 is 31.9 Å². The van der Waals surface area contributed by atoms with Gasteiger partial charge in [-0.05, 0) is 134 Å². The molecule has 0 atom stereocenters. The summed E-state index contributed by atoms with van der Waals surface area (Å²) in [7, 11) is 3.38. The summed E-state index contributed by atoms with van der Waals surface area (Å²) >= 11 is 7.41. The molecule has 0 saturated carbocycles. The maximum absolute atomic E-state index is 13.8. The molecule has 0 radical (unpaired) electrons. The van der Waals surface area contributed by atoms with Crippen LogP contribution in [0.25, 0.3) is 22.3 Å². The smallest absolute Gasteiger partial charge is 0.261 e. The highest BCUT2D eigenvalue weighted by atomic mass is 79.9. The van der Waals surface area contributed by atoms with Crippen molar-refractivity contribution in [1.29, 1.82) is 0 Å². The van der Waals surface area contributed by atoms with Crippen LogP contribution in [0.1, 0.15) is 67.4 Å². The molecule has 6 rings (SSSR count). The quantitative estimate of drug-likeness (QED) is 0.280. The van der Waals surface area contributed by atoms with Crippen LogP contribution in [0.2, 0.25) is 0 Å². The predicted molar refractivity (Wildman–Crippen MR) is 156 cm³/mol. The number of nitrogens with zero attached hydrogens (tertiary/aromatic N) is 1. The Morgan fingerprint density at radius 2 is 1.13 bits per heavy atom. The molecule has 7 heteroatoms. The van der Waals surface area contributed by atoms with Gasteiger partial charge in [0.2, 0.25) is 0 Å². The van der Waals surface area contributed by atoms with Gasteiger partial charge in [-0.15, -0.1) is 0 Å². The summed E-state index contributed by atoms with van der Waals surface area (Å²) in [6.07, 6.45) is 3.73. The number of methoxy groups -OCH3 is 2. The van der Waals surface area contributed by atoms with Crippen molar-refractivity contribution in [2.75, 3.05) is 20.8 Å². The minimum atomic E-state index is -0.146. The maximum atomic E-state index is 13.8. The van der Waals surface area contributed by atoms with Crippen molar-refractivity contribution >= 4 is 43.7 Å². The third-order valence-corrected chi connectivity index (χ3v) is 9.56. The first-order valence-corrected chi connectivity index (χ1v) is 14.6. The molecule has 0 aromatic heterocycles. The Morgan fingerprint density at radius 1 is 0.711 bits per heavy atom. The lowest BCUT2D eigenvalue weighted by Gasteiger charge is -2.33. The molecule has 0 bridgehead atoms. The zero-order valence-corrected chi connectivity index (χ0v) is 25.4. The molecule has 2 amide bonds. The Kier molecular flexibility index (Phi) is 6.23. The van der Waals surface area contributed by atoms with E-state index >= 15 is 0 Å². The summed E-state index contributed by atoms with van der Waals surface area (Å²) in [5.41, 5.74) is 12.1. The Morgan fingerprint density at radius 3 is 1.50 bits per heavy atom. The molecule has 1 aliphatic heterocycles. The number of amides is 2. The topological polar surface area (TPSA) is 55.8 Å². The number of imide groups is 1. The first-order valence-electron chi connectivity index (χ1n) is 13.1. The van der Waals surface area contributed by atoms with E-state index in [2.05, 4.69) is 57.8 Å². The predicted octanol–water partition coefficient (Wildman–Crippen LogP) is 7.38. The molecule has 0 spiro atoms. The number of ether oxygens (including phenoxy) is 2. The molecule has 196 valence electrons. The highest BCUT2D eigenvalue weighted by Gasteiger charge is 2.44. The highest BCUT2D eigenvalue weighted by molar-refractivity contribution is 9.11. The van der Waals surface area contributed by atoms with Crippen LogP contribution < -0.4 is 9.47 Å². The van der Waals surface area contributed by atoms with E-state index in [0.29, 0.717) is 30.5 Å². The number of hydrogen-bond acceptors (Lipinski definition) is 4. The third-order valence-electron chi connectivity index (χ3n) is 8.38. The van der Waals surface area contributed by atoms with Crippen LogP contribution in [0, 0.1) is 13.8 Å². The Bertz CT molecular complexity index is 1480. The van der Waals surface area contributed by atoms with Crippen molar-refractivity contribution < 1.29 is 19.1 Å². The lowest BCUT2D eigenvalue weighted by atomic mass is 9.70. The maximum Gasteiger partial charge on any atom is 0.261 e. The van der Waals surface area contributed by atoms with Crippen LogP contribution in [-0.4, -0.2) is 37.5 Å². The van der Waals surface area contributed by atoms with E-state index in [4.69, 9.17) is 9.47 Å². The number of hydrogen-bond donors (Lipinski definition) is 0. The van der Waals surface area contributed by atoms with E-state index in [-0.39, 0.29) is 11.8 Å². The van der Waals surface area contributed by atoms with Gasteiger partial charge in [-0.25, -0.2) is 0 Å². The van der Waals surface area contributed by atoms with Gasteiger partial charge >= 0.3 is 0 Å². The Balaban J connectivity index is 1.81. The monoisotopic (exact) mass is 637 g/mol. The molecule has 0 N–H and O–H groups in total. The second-order valence-electron chi connectivity index (χ2n) is 10.3. The summed E-state index contributed by atoms with van der Waals surface area (Å²) in [6, 6.07) is 4.30. The van der Waals surface area contributed by atoms with Crippen LogP contribution in [-0.2, 0) is 25.7 Å². The molecular formula is C31H29Br2NO4. The molecule has 2 aliphatic carbocycles. The lowest BCUT2D eigenvalue weighted by Crippen LogP contribution is -2.30. The van der Waals surface area contributed by atoms with E-state index in [1.807, 2.05) is 6.92 Å². The number of carbonyl (C=O) groups is 2. The highest BCUT2D eigenvalue weighted by Crippen LogP contribution is 2.55. The van der Waals surface area contributed by atoms with Gasteiger partial charge in [-0.2, -0.15) is 0 Å². The molecule has 38 heavy (non-hydrogen) atoms. The van der Waals surface area contributed by atoms with Crippen molar-refractivity contribution in [3.8, 4) is 33.8 Å². The van der Waals surface area contributed by atoms with Gasteiger partial charge in [0.05, 0.1) is 34.3 Å². The normalized spacial score (nSPS) is 15.1. The average molecular weight is 639 g/mol. The van der Waals surface area contributed by atoms with Crippen LogP contribution in [0.15, 0.2) is 21.1 Å². The summed E-state index contributed by atoms with van der Waals surface area (Å²) in [5, 5.41) is 0. The standard InChI is InChI=1S/C31H29Br2NO4/c1-6-11-34-30(35)26-18-9-7-16-12-20(32)28(37-4)14(2)22(16)24(18)25-19(27(26)31(34)36)10-8-17-13-21(33)29(38-5)15(3)23(17)25/h12-13H,6-11H2,1-5H3. The van der Waals surface area contributed by atoms with Crippen molar-refractivity contribution in [3.63, 3.8) is 0 Å². The summed E-state index contributed by atoms with van der Waals surface area (Å²) in [6.45, 7) is 6.61. The van der Waals surface area contributed by atoms with Gasteiger partial charge in [0, 0.05) is 17.7 Å². The fourth-order valence-corrected chi connectivity index (χ4v) is 8.40. The fourth-order valence-electron chi connectivity index (χ4n) is 6.93. The summed E-state index contributed by atoms with van der Waals surface area (Å²) in [5.74, 6) is 1.29. The minimum absolute atomic E-state index is 0.146. The molecular weight excluding hydrogens is 610 g/mol. The van der Waals surface area contributed by atoms with Crippen molar-refractivity contribution in [1.82, 2.24) is 4.90 Å². The zero-order chi connectivity index (χ0) is 27.0. The minimum Gasteiger partial charge on any atom is -0.495 e. The number of halogens is 2. The fraction of sp³-hybridized carbons (Fsp3) is 0.355. The second kappa shape index (κ2) is 9.23. The van der Waals surface area contributed by atoms with E-state index in [1.54, 1.807) is 14.2 Å². The number of aryl methyl sites for hydroxylation is 2. The third kappa shape index (κ3) is 3.33. The van der Waals surface area contributed by atoms with Gasteiger partial charge in [0.15, 0.2) is 0 Å². The first-order chi connectivity index (χ1) is 18.2. The van der Waals surface area contributed by atoms with Crippen molar-refractivity contribution in [2.45, 2.75) is 52.9 Å². The van der Waals surface area contributed by atoms with E-state index in [1.165, 1.54) is 16.0 Å². The molecule has 3 aromatic carbocycles. The van der Waals surface area contributed by atoms with E-state index in [0.717, 1.165) is 84.2 Å². The van der Waals surface area contributed by atoms with E-state index < -0.39 is 0 Å². The molecule has 3 aliphatic rings. The van der Waals surface area contributed by atoms with Gasteiger partial charge in [-0.1, -0.05) is 6.92 Å². The SMILES string of the molecule is CCCN1C(=O)c2c3c(c4c(c2C1=O)CCc1cc(Br)c(OC)c(C)c1-4)-c1c(cc(Br)c(OC)c1C)CC3. The molecule has 5 nitrogen and oxygen atoms in total. The van der Waals surface area contributed by atoms with Crippen LogP contribution in [0.5, 0.6) is 11.5 Å². The molecule has 3 aromatic rings. The number of carbonyl (C=O) groups excluding carboxylic acids is 2. The zero-order valence-electron chi connectivity index (χ0n) is 22.2. The van der Waals surface area contributed by atoms with Gasteiger partial charge in [-0.3, -0.25) is 14.5 Å². The summed E-state index contributed by atoms with van der Waals surface area (Å²) in [4.78, 5) is 29.1. The average Bonchev–Trinajstić information content (AvgIpc) is 3.13. The van der Waals surface area contributed by atoms with Crippen molar-refractivity contribution in [2.24, 2.45) is 0 Å². The summed E-state index contributed by atoms with van der Waals surface area (Å²) < 4.78 is 13.5. The molecule has 0 fully saturated rings. The molecule has 0 unspecified atom stereocenters. The number of benzene rings is 3. The van der Waals surface area contributed by atoms with Gasteiger partial charge in [0.1, 0.15) is 11.5 Å². The van der Waals surface area contributed by atoms with Crippen LogP contribution in [0.3, 0.4) is 0 Å². The number of rotatable bonds is 4. The first kappa shape index (κ1) is 25.6. The molecule has 0 saturated heterocycles. The van der Waals surface area contributed by atoms with Gasteiger partial charge < -0.3 is 9.47 Å². The van der Waals surface area contributed by atoms with Gasteiger partial charge in [0.25, 0.3) is 11.8 Å². The van der Waals surface area contributed by atoms with E-state index in [9.17, 15) is 9.59 Å². The van der Waals surface area contributed by atoms with Crippen LogP contribution in [0.4, 0.5) is 0 Å². The Labute approximate surface area is 239 Å². The van der Waals surface area contributed by atoms with Crippen molar-refractivity contribution in [3.05, 3.63) is 65.6 Å². The second-order valence-corrected chi connectivity index (χ2v) is 12.0.